The minimum Gasteiger partial charge on any atom is -0.449 e. The molecule has 5 nitrogen and oxygen atoms in total. The quantitative estimate of drug-likeness (QED) is 0.760. The van der Waals surface area contributed by atoms with Gasteiger partial charge in [0, 0.05) is 6.54 Å². The molecule has 2 rings (SSSR count). The van der Waals surface area contributed by atoms with Crippen LogP contribution in [0.25, 0.3) is 0 Å². The Bertz CT molecular complexity index is 399. The van der Waals surface area contributed by atoms with Crippen LogP contribution in [0.2, 0.25) is 0 Å². The number of hydrogen-bond acceptors (Lipinski definition) is 4. The highest BCUT2D eigenvalue weighted by Gasteiger charge is 2.32. The van der Waals surface area contributed by atoms with Crippen molar-refractivity contribution in [2.24, 2.45) is 5.92 Å². The molecule has 1 aliphatic rings. The summed E-state index contributed by atoms with van der Waals surface area (Å²) in [6.45, 7) is 0.657. The number of carbonyl (C=O) groups is 1. The molecule has 2 atom stereocenters. The van der Waals surface area contributed by atoms with E-state index in [9.17, 15) is 15.0 Å². The zero-order valence-electron chi connectivity index (χ0n) is 10.7. The Morgan fingerprint density at radius 1 is 1.21 bits per heavy atom. The van der Waals surface area contributed by atoms with E-state index in [4.69, 9.17) is 4.74 Å². The highest BCUT2D eigenvalue weighted by molar-refractivity contribution is 5.67. The fourth-order valence-corrected chi connectivity index (χ4v) is 2.24. The molecule has 2 unspecified atom stereocenters. The number of nitrogens with one attached hydrogen (secondary N) is 1. The summed E-state index contributed by atoms with van der Waals surface area (Å²) in [4.78, 5) is 11.5. The topological polar surface area (TPSA) is 78.8 Å². The van der Waals surface area contributed by atoms with Gasteiger partial charge in [-0.1, -0.05) is 30.3 Å². The molecule has 1 fully saturated rings. The third-order valence-electron chi connectivity index (χ3n) is 3.32. The van der Waals surface area contributed by atoms with E-state index in [2.05, 4.69) is 5.32 Å². The van der Waals surface area contributed by atoms with Crippen LogP contribution in [0, 0.1) is 5.92 Å². The SMILES string of the molecule is O=C(NCc1ccccc1)OCC1CC(O)C(O)C1. The van der Waals surface area contributed by atoms with Gasteiger partial charge in [0.25, 0.3) is 0 Å². The molecule has 1 aromatic carbocycles. The van der Waals surface area contributed by atoms with Crippen molar-refractivity contribution in [3.63, 3.8) is 0 Å². The fourth-order valence-electron chi connectivity index (χ4n) is 2.24. The zero-order valence-corrected chi connectivity index (χ0v) is 10.7. The number of alkyl carbamates (subject to hydrolysis) is 1. The van der Waals surface area contributed by atoms with E-state index in [0.717, 1.165) is 5.56 Å². The Labute approximate surface area is 112 Å². The molecule has 0 radical (unpaired) electrons. The van der Waals surface area contributed by atoms with Crippen LogP contribution in [-0.4, -0.2) is 35.1 Å². The number of aliphatic hydroxyl groups is 2. The van der Waals surface area contributed by atoms with E-state index in [1.165, 1.54) is 0 Å². The largest absolute Gasteiger partial charge is 0.449 e. The molecular formula is C14H19NO4. The average Bonchev–Trinajstić information content (AvgIpc) is 2.74. The number of rotatable bonds is 4. The lowest BCUT2D eigenvalue weighted by Gasteiger charge is -2.11. The van der Waals surface area contributed by atoms with Crippen LogP contribution in [0.15, 0.2) is 30.3 Å². The van der Waals surface area contributed by atoms with E-state index < -0.39 is 18.3 Å². The summed E-state index contributed by atoms with van der Waals surface area (Å²) in [5.74, 6) is 0.0347. The fraction of sp³-hybridized carbons (Fsp3) is 0.500. The standard InChI is InChI=1S/C14H19NO4/c16-12-6-11(7-13(12)17)9-19-14(18)15-8-10-4-2-1-3-5-10/h1-5,11-13,16-17H,6-9H2,(H,15,18). The molecule has 0 heterocycles. The van der Waals surface area contributed by atoms with Crippen LogP contribution in [0.3, 0.4) is 0 Å². The van der Waals surface area contributed by atoms with Crippen molar-refractivity contribution in [1.29, 1.82) is 0 Å². The van der Waals surface area contributed by atoms with Gasteiger partial charge in [-0.3, -0.25) is 0 Å². The van der Waals surface area contributed by atoms with Gasteiger partial charge in [0.05, 0.1) is 18.8 Å². The minimum atomic E-state index is -0.694. The minimum absolute atomic E-state index is 0.0347. The maximum absolute atomic E-state index is 11.5. The summed E-state index contributed by atoms with van der Waals surface area (Å²) in [6.07, 6.45) is -0.901. The summed E-state index contributed by atoms with van der Waals surface area (Å²) in [7, 11) is 0. The maximum Gasteiger partial charge on any atom is 0.407 e. The van der Waals surface area contributed by atoms with Crippen LogP contribution in [0.1, 0.15) is 18.4 Å². The van der Waals surface area contributed by atoms with Crippen LogP contribution < -0.4 is 5.32 Å². The van der Waals surface area contributed by atoms with Gasteiger partial charge in [-0.05, 0) is 24.3 Å². The monoisotopic (exact) mass is 265 g/mol. The van der Waals surface area contributed by atoms with Crippen molar-refractivity contribution in [2.45, 2.75) is 31.6 Å². The van der Waals surface area contributed by atoms with Crippen LogP contribution in [0.4, 0.5) is 4.79 Å². The molecule has 1 aromatic rings. The van der Waals surface area contributed by atoms with Crippen molar-refractivity contribution >= 4 is 6.09 Å². The lowest BCUT2D eigenvalue weighted by atomic mass is 10.1. The molecule has 0 saturated heterocycles. The molecule has 0 aliphatic heterocycles. The second-order valence-electron chi connectivity index (χ2n) is 4.91. The van der Waals surface area contributed by atoms with Crippen LogP contribution in [0.5, 0.6) is 0 Å². The molecule has 0 spiro atoms. The predicted octanol–water partition coefficient (Wildman–Crippen LogP) is 1.04. The summed E-state index contributed by atoms with van der Waals surface area (Å²) in [5.41, 5.74) is 1.01. The maximum atomic E-state index is 11.5. The van der Waals surface area contributed by atoms with Crippen molar-refractivity contribution in [3.05, 3.63) is 35.9 Å². The van der Waals surface area contributed by atoms with E-state index in [-0.39, 0.29) is 12.5 Å². The van der Waals surface area contributed by atoms with Crippen LogP contribution in [-0.2, 0) is 11.3 Å². The second-order valence-corrected chi connectivity index (χ2v) is 4.91. The molecule has 1 saturated carbocycles. The van der Waals surface area contributed by atoms with Crippen molar-refractivity contribution in [2.75, 3.05) is 6.61 Å². The number of hydrogen-bond donors (Lipinski definition) is 3. The molecule has 1 aliphatic carbocycles. The summed E-state index contributed by atoms with van der Waals surface area (Å²) < 4.78 is 5.07. The molecule has 19 heavy (non-hydrogen) atoms. The Morgan fingerprint density at radius 3 is 2.47 bits per heavy atom. The van der Waals surface area contributed by atoms with Gasteiger partial charge in [0.2, 0.25) is 0 Å². The first-order valence-corrected chi connectivity index (χ1v) is 6.46. The third-order valence-corrected chi connectivity index (χ3v) is 3.32. The van der Waals surface area contributed by atoms with Crippen molar-refractivity contribution in [3.8, 4) is 0 Å². The zero-order chi connectivity index (χ0) is 13.7. The number of carbonyl (C=O) groups excluding carboxylic acids is 1. The molecule has 0 aromatic heterocycles. The van der Waals surface area contributed by atoms with Gasteiger partial charge in [0.15, 0.2) is 0 Å². The lowest BCUT2D eigenvalue weighted by molar-refractivity contribution is 0.0438. The Morgan fingerprint density at radius 2 is 1.84 bits per heavy atom. The first-order chi connectivity index (χ1) is 9.15. The lowest BCUT2D eigenvalue weighted by Crippen LogP contribution is -2.25. The highest BCUT2D eigenvalue weighted by atomic mass is 16.5. The van der Waals surface area contributed by atoms with Gasteiger partial charge >= 0.3 is 6.09 Å². The number of amides is 1. The van der Waals surface area contributed by atoms with Crippen LogP contribution >= 0.6 is 0 Å². The van der Waals surface area contributed by atoms with Gasteiger partial charge in [0.1, 0.15) is 0 Å². The molecule has 3 N–H and O–H groups in total. The molecular weight excluding hydrogens is 246 g/mol. The molecule has 104 valence electrons. The molecule has 5 heteroatoms. The van der Waals surface area contributed by atoms with E-state index in [0.29, 0.717) is 19.4 Å². The first kappa shape index (κ1) is 13.8. The van der Waals surface area contributed by atoms with Gasteiger partial charge in [-0.25, -0.2) is 4.79 Å². The van der Waals surface area contributed by atoms with E-state index in [1.807, 2.05) is 30.3 Å². The average molecular weight is 265 g/mol. The first-order valence-electron chi connectivity index (χ1n) is 6.46. The Hall–Kier alpha value is -1.59. The summed E-state index contributed by atoms with van der Waals surface area (Å²) in [5, 5.41) is 21.4. The van der Waals surface area contributed by atoms with Gasteiger partial charge in [-0.15, -0.1) is 0 Å². The summed E-state index contributed by atoms with van der Waals surface area (Å²) >= 11 is 0. The van der Waals surface area contributed by atoms with Gasteiger partial charge in [-0.2, -0.15) is 0 Å². The molecule has 0 bridgehead atoms. The third kappa shape index (κ3) is 4.22. The number of benzene rings is 1. The van der Waals surface area contributed by atoms with Gasteiger partial charge < -0.3 is 20.3 Å². The van der Waals surface area contributed by atoms with Crippen molar-refractivity contribution in [1.82, 2.24) is 5.32 Å². The smallest absolute Gasteiger partial charge is 0.407 e. The summed E-state index contributed by atoms with van der Waals surface area (Å²) in [6, 6.07) is 9.57. The number of aliphatic hydroxyl groups excluding tert-OH is 2. The van der Waals surface area contributed by atoms with E-state index >= 15 is 0 Å². The molecule has 1 amide bonds. The van der Waals surface area contributed by atoms with E-state index in [1.54, 1.807) is 0 Å². The normalized spacial score (nSPS) is 26.1. The highest BCUT2D eigenvalue weighted by Crippen LogP contribution is 2.26. The van der Waals surface area contributed by atoms with Crippen molar-refractivity contribution < 1.29 is 19.7 Å². The Balaban J connectivity index is 1.65. The number of ether oxygens (including phenoxy) is 1. The predicted molar refractivity (Wildman–Crippen MR) is 69.4 cm³/mol. The Kier molecular flexibility index (Phi) is 4.76. The second kappa shape index (κ2) is 6.54.